The molecule has 0 radical (unpaired) electrons. The summed E-state index contributed by atoms with van der Waals surface area (Å²) >= 11 is 3.41. The van der Waals surface area contributed by atoms with Crippen molar-refractivity contribution in [1.29, 1.82) is 0 Å². The monoisotopic (exact) mass is 333 g/mol. The Morgan fingerprint density at radius 3 is 2.75 bits per heavy atom. The van der Waals surface area contributed by atoms with E-state index >= 15 is 0 Å². The van der Waals surface area contributed by atoms with Gasteiger partial charge in [-0.2, -0.15) is 0 Å². The molecule has 0 aliphatic carbocycles. The summed E-state index contributed by atoms with van der Waals surface area (Å²) in [6, 6.07) is 14.0. The van der Waals surface area contributed by atoms with Gasteiger partial charge in [0.05, 0.1) is 6.04 Å². The first-order chi connectivity index (χ1) is 9.63. The molecule has 0 aliphatic heterocycles. The van der Waals surface area contributed by atoms with Crippen molar-refractivity contribution in [2.24, 2.45) is 5.73 Å². The SMILES string of the molecule is NC(Cc1cc(F)ccc1Br)c1cc2ccccc2o1. The molecular formula is C16H13BrFNO. The van der Waals surface area contributed by atoms with Gasteiger partial charge >= 0.3 is 0 Å². The van der Waals surface area contributed by atoms with Crippen molar-refractivity contribution >= 4 is 26.9 Å². The summed E-state index contributed by atoms with van der Waals surface area (Å²) in [6.45, 7) is 0. The smallest absolute Gasteiger partial charge is 0.134 e. The lowest BCUT2D eigenvalue weighted by atomic mass is 10.0. The Hall–Kier alpha value is -1.65. The molecular weight excluding hydrogens is 321 g/mol. The number of nitrogens with two attached hydrogens (primary N) is 1. The van der Waals surface area contributed by atoms with Gasteiger partial charge in [-0.1, -0.05) is 34.1 Å². The number of hydrogen-bond donors (Lipinski definition) is 1. The molecule has 3 aromatic rings. The van der Waals surface area contributed by atoms with Crippen LogP contribution in [0.4, 0.5) is 4.39 Å². The zero-order valence-electron chi connectivity index (χ0n) is 10.6. The van der Waals surface area contributed by atoms with E-state index in [2.05, 4.69) is 15.9 Å². The zero-order valence-corrected chi connectivity index (χ0v) is 12.2. The van der Waals surface area contributed by atoms with E-state index in [0.29, 0.717) is 12.2 Å². The predicted octanol–water partition coefficient (Wildman–Crippen LogP) is 4.58. The summed E-state index contributed by atoms with van der Waals surface area (Å²) in [4.78, 5) is 0. The van der Waals surface area contributed by atoms with Crippen LogP contribution in [0, 0.1) is 5.82 Å². The third kappa shape index (κ3) is 2.62. The lowest BCUT2D eigenvalue weighted by molar-refractivity contribution is 0.493. The second-order valence-corrected chi connectivity index (χ2v) is 5.59. The van der Waals surface area contributed by atoms with Gasteiger partial charge in [0, 0.05) is 9.86 Å². The molecule has 2 nitrogen and oxygen atoms in total. The second kappa shape index (κ2) is 5.38. The Balaban J connectivity index is 1.88. The molecule has 4 heteroatoms. The number of hydrogen-bond acceptors (Lipinski definition) is 2. The molecule has 20 heavy (non-hydrogen) atoms. The Morgan fingerprint density at radius 1 is 1.15 bits per heavy atom. The molecule has 2 N–H and O–H groups in total. The molecule has 0 bridgehead atoms. The van der Waals surface area contributed by atoms with E-state index in [1.54, 1.807) is 6.07 Å². The van der Waals surface area contributed by atoms with Crippen LogP contribution in [0.15, 0.2) is 57.4 Å². The van der Waals surface area contributed by atoms with E-state index in [1.165, 1.54) is 12.1 Å². The van der Waals surface area contributed by atoms with Crippen LogP contribution in [0.5, 0.6) is 0 Å². The summed E-state index contributed by atoms with van der Waals surface area (Å²) in [5, 5.41) is 1.02. The maximum Gasteiger partial charge on any atom is 0.134 e. The molecule has 2 aromatic carbocycles. The van der Waals surface area contributed by atoms with Crippen molar-refractivity contribution in [3.8, 4) is 0 Å². The van der Waals surface area contributed by atoms with Gasteiger partial charge in [-0.25, -0.2) is 4.39 Å². The highest BCUT2D eigenvalue weighted by Crippen LogP contribution is 2.27. The molecule has 1 heterocycles. The maximum atomic E-state index is 13.3. The molecule has 0 saturated carbocycles. The minimum atomic E-state index is -0.305. The van der Waals surface area contributed by atoms with E-state index in [4.69, 9.17) is 10.2 Å². The molecule has 1 aromatic heterocycles. The number of fused-ring (bicyclic) bond motifs is 1. The molecule has 102 valence electrons. The lowest BCUT2D eigenvalue weighted by Crippen LogP contribution is -2.12. The lowest BCUT2D eigenvalue weighted by Gasteiger charge is -2.10. The van der Waals surface area contributed by atoms with Crippen LogP contribution in [0.25, 0.3) is 11.0 Å². The summed E-state index contributed by atoms with van der Waals surface area (Å²) in [7, 11) is 0. The number of halogens is 2. The van der Waals surface area contributed by atoms with E-state index < -0.39 is 0 Å². The summed E-state index contributed by atoms with van der Waals surface area (Å²) in [5.74, 6) is 0.447. The fourth-order valence-corrected chi connectivity index (χ4v) is 2.63. The average molecular weight is 334 g/mol. The Labute approximate surface area is 124 Å². The van der Waals surface area contributed by atoms with Crippen LogP contribution in [0.2, 0.25) is 0 Å². The predicted molar refractivity (Wildman–Crippen MR) is 80.9 cm³/mol. The number of rotatable bonds is 3. The topological polar surface area (TPSA) is 39.2 Å². The first-order valence-electron chi connectivity index (χ1n) is 6.31. The molecule has 0 spiro atoms. The standard InChI is InChI=1S/C16H13BrFNO/c17-13-6-5-12(18)7-11(13)8-14(19)16-9-10-3-1-2-4-15(10)20-16/h1-7,9,14H,8,19H2. The van der Waals surface area contributed by atoms with Crippen molar-refractivity contribution in [2.75, 3.05) is 0 Å². The second-order valence-electron chi connectivity index (χ2n) is 4.73. The number of benzene rings is 2. The van der Waals surface area contributed by atoms with Gasteiger partial charge in [0.1, 0.15) is 17.2 Å². The minimum Gasteiger partial charge on any atom is -0.459 e. The van der Waals surface area contributed by atoms with Crippen LogP contribution < -0.4 is 5.73 Å². The van der Waals surface area contributed by atoms with Crippen LogP contribution in [-0.4, -0.2) is 0 Å². The molecule has 1 atom stereocenters. The first-order valence-corrected chi connectivity index (χ1v) is 7.11. The van der Waals surface area contributed by atoms with Crippen LogP contribution in [-0.2, 0) is 6.42 Å². The van der Waals surface area contributed by atoms with E-state index in [-0.39, 0.29) is 11.9 Å². The fraction of sp³-hybridized carbons (Fsp3) is 0.125. The molecule has 0 aliphatic rings. The number of furan rings is 1. The van der Waals surface area contributed by atoms with Crippen molar-refractivity contribution in [2.45, 2.75) is 12.5 Å². The van der Waals surface area contributed by atoms with E-state index in [9.17, 15) is 4.39 Å². The van der Waals surface area contributed by atoms with Gasteiger partial charge in [0.25, 0.3) is 0 Å². The molecule has 0 amide bonds. The van der Waals surface area contributed by atoms with Crippen molar-refractivity contribution in [3.63, 3.8) is 0 Å². The average Bonchev–Trinajstić information content (AvgIpc) is 2.87. The first kappa shape index (κ1) is 13.3. The normalized spacial score (nSPS) is 12.8. The van der Waals surface area contributed by atoms with Gasteiger partial charge in [0.15, 0.2) is 0 Å². The third-order valence-electron chi connectivity index (χ3n) is 3.26. The molecule has 1 unspecified atom stereocenters. The van der Waals surface area contributed by atoms with Crippen molar-refractivity contribution in [3.05, 3.63) is 70.1 Å². The minimum absolute atomic E-state index is 0.264. The zero-order chi connectivity index (χ0) is 14.1. The van der Waals surface area contributed by atoms with Crippen LogP contribution >= 0.6 is 15.9 Å². The van der Waals surface area contributed by atoms with Gasteiger partial charge in [-0.3, -0.25) is 0 Å². The number of para-hydroxylation sites is 1. The third-order valence-corrected chi connectivity index (χ3v) is 4.03. The highest BCUT2D eigenvalue weighted by Gasteiger charge is 2.14. The van der Waals surface area contributed by atoms with Gasteiger partial charge in [0.2, 0.25) is 0 Å². The summed E-state index contributed by atoms with van der Waals surface area (Å²) in [5.41, 5.74) is 7.82. The van der Waals surface area contributed by atoms with Crippen LogP contribution in [0.1, 0.15) is 17.4 Å². The highest BCUT2D eigenvalue weighted by molar-refractivity contribution is 9.10. The van der Waals surface area contributed by atoms with Gasteiger partial charge < -0.3 is 10.2 Å². The summed E-state index contributed by atoms with van der Waals surface area (Å²) < 4.78 is 19.9. The molecule has 3 rings (SSSR count). The fourth-order valence-electron chi connectivity index (χ4n) is 2.22. The van der Waals surface area contributed by atoms with E-state index in [1.807, 2.05) is 30.3 Å². The Morgan fingerprint density at radius 2 is 1.95 bits per heavy atom. The molecule has 0 fully saturated rings. The van der Waals surface area contributed by atoms with Crippen molar-refractivity contribution < 1.29 is 8.81 Å². The van der Waals surface area contributed by atoms with Crippen LogP contribution in [0.3, 0.4) is 0 Å². The Kier molecular flexibility index (Phi) is 3.59. The Bertz CT molecular complexity index is 720. The summed E-state index contributed by atoms with van der Waals surface area (Å²) in [6.07, 6.45) is 0.512. The quantitative estimate of drug-likeness (QED) is 0.762. The highest BCUT2D eigenvalue weighted by atomic mass is 79.9. The maximum absolute atomic E-state index is 13.3. The largest absolute Gasteiger partial charge is 0.459 e. The van der Waals surface area contributed by atoms with E-state index in [0.717, 1.165) is 21.0 Å². The van der Waals surface area contributed by atoms with Gasteiger partial charge in [-0.05, 0) is 42.3 Å². The van der Waals surface area contributed by atoms with Gasteiger partial charge in [-0.15, -0.1) is 0 Å². The molecule has 0 saturated heterocycles. The van der Waals surface area contributed by atoms with Crippen molar-refractivity contribution in [1.82, 2.24) is 0 Å².